The number of unbranched alkanes of at least 4 members (excludes halogenated alkanes) is 8. The molecule has 134 valence electrons. The van der Waals surface area contributed by atoms with Crippen LogP contribution in [-0.4, -0.2) is 11.9 Å². The summed E-state index contributed by atoms with van der Waals surface area (Å²) in [5.74, 6) is 0.0964. The molecule has 1 heterocycles. The molecule has 2 atom stereocenters. The van der Waals surface area contributed by atoms with Crippen LogP contribution in [0.5, 0.6) is 0 Å². The Bertz CT molecular complexity index is 338. The molecule has 0 aromatic carbocycles. The van der Waals surface area contributed by atoms with Gasteiger partial charge in [0.2, 0.25) is 0 Å². The molecule has 0 N–H and O–H groups in total. The molecular weight excluding hydrogens is 288 g/mol. The molecule has 1 fully saturated rings. The van der Waals surface area contributed by atoms with Gasteiger partial charge >= 0.3 is 11.9 Å². The Kier molecular flexibility index (Phi) is 11.0. The summed E-state index contributed by atoms with van der Waals surface area (Å²) in [6, 6.07) is 0. The molecule has 0 saturated carbocycles. The fourth-order valence-corrected chi connectivity index (χ4v) is 3.40. The quantitative estimate of drug-likeness (QED) is 0.230. The van der Waals surface area contributed by atoms with Crippen molar-refractivity contribution in [2.75, 3.05) is 0 Å². The summed E-state index contributed by atoms with van der Waals surface area (Å²) in [5.41, 5.74) is 0. The van der Waals surface area contributed by atoms with Crippen molar-refractivity contribution in [3.63, 3.8) is 0 Å². The number of rotatable bonds is 14. The second-order valence-electron chi connectivity index (χ2n) is 7.35. The van der Waals surface area contributed by atoms with Crippen LogP contribution in [0.2, 0.25) is 0 Å². The van der Waals surface area contributed by atoms with Crippen molar-refractivity contribution in [1.82, 2.24) is 0 Å². The van der Waals surface area contributed by atoms with Crippen molar-refractivity contribution in [2.45, 2.75) is 104 Å². The first-order chi connectivity index (χ1) is 11.1. The van der Waals surface area contributed by atoms with Crippen LogP contribution in [0, 0.1) is 11.8 Å². The second-order valence-corrected chi connectivity index (χ2v) is 7.35. The van der Waals surface area contributed by atoms with Crippen LogP contribution in [0.15, 0.2) is 0 Å². The second kappa shape index (κ2) is 12.5. The maximum atomic E-state index is 11.3. The molecule has 2 unspecified atom stereocenters. The van der Waals surface area contributed by atoms with Gasteiger partial charge in [-0.05, 0) is 12.3 Å². The van der Waals surface area contributed by atoms with E-state index in [2.05, 4.69) is 18.6 Å². The SMILES string of the molecule is CCCCCC(C)CCCCCCCCCC1CC(=O)OC1=O. The Morgan fingerprint density at radius 2 is 1.48 bits per heavy atom. The van der Waals surface area contributed by atoms with E-state index >= 15 is 0 Å². The van der Waals surface area contributed by atoms with E-state index in [0.717, 1.165) is 18.8 Å². The van der Waals surface area contributed by atoms with E-state index in [-0.39, 0.29) is 17.9 Å². The maximum Gasteiger partial charge on any atom is 0.317 e. The van der Waals surface area contributed by atoms with Crippen LogP contribution in [0.3, 0.4) is 0 Å². The van der Waals surface area contributed by atoms with Crippen LogP contribution < -0.4 is 0 Å². The van der Waals surface area contributed by atoms with E-state index in [1.54, 1.807) is 0 Å². The van der Waals surface area contributed by atoms with Crippen LogP contribution in [-0.2, 0) is 14.3 Å². The molecule has 1 rings (SSSR count). The molecule has 1 saturated heterocycles. The zero-order chi connectivity index (χ0) is 16.9. The summed E-state index contributed by atoms with van der Waals surface area (Å²) < 4.78 is 4.57. The highest BCUT2D eigenvalue weighted by Gasteiger charge is 2.32. The molecular formula is C20H36O3. The number of hydrogen-bond acceptors (Lipinski definition) is 3. The van der Waals surface area contributed by atoms with Crippen molar-refractivity contribution in [3.05, 3.63) is 0 Å². The largest absolute Gasteiger partial charge is 0.393 e. The maximum absolute atomic E-state index is 11.3. The fraction of sp³-hybridized carbons (Fsp3) is 0.900. The minimum absolute atomic E-state index is 0.156. The molecule has 0 aromatic heterocycles. The highest BCUT2D eigenvalue weighted by atomic mass is 16.6. The standard InChI is InChI=1S/C20H36O3/c1-3-4-10-13-17(2)14-11-8-6-5-7-9-12-15-18-16-19(21)23-20(18)22/h17-18H,3-16H2,1-2H3. The van der Waals surface area contributed by atoms with Gasteiger partial charge in [-0.1, -0.05) is 90.9 Å². The topological polar surface area (TPSA) is 43.4 Å². The van der Waals surface area contributed by atoms with Crippen LogP contribution >= 0.6 is 0 Å². The Hall–Kier alpha value is -0.860. The summed E-state index contributed by atoms with van der Waals surface area (Å²) in [6.45, 7) is 4.66. The Labute approximate surface area is 142 Å². The van der Waals surface area contributed by atoms with Gasteiger partial charge < -0.3 is 4.74 Å². The average Bonchev–Trinajstić information content (AvgIpc) is 2.83. The van der Waals surface area contributed by atoms with Crippen molar-refractivity contribution in [2.24, 2.45) is 11.8 Å². The van der Waals surface area contributed by atoms with Crippen LogP contribution in [0.1, 0.15) is 104 Å². The first-order valence-electron chi connectivity index (χ1n) is 9.88. The van der Waals surface area contributed by atoms with Gasteiger partial charge in [-0.25, -0.2) is 0 Å². The summed E-state index contributed by atoms with van der Waals surface area (Å²) in [6.07, 6.45) is 16.9. The number of cyclic esters (lactones) is 2. The summed E-state index contributed by atoms with van der Waals surface area (Å²) in [4.78, 5) is 22.3. The number of carbonyl (C=O) groups excluding carboxylic acids is 2. The molecule has 0 amide bonds. The molecule has 1 aliphatic heterocycles. The first-order valence-corrected chi connectivity index (χ1v) is 9.88. The zero-order valence-electron chi connectivity index (χ0n) is 15.3. The van der Waals surface area contributed by atoms with Gasteiger partial charge in [0.05, 0.1) is 12.3 Å². The predicted octanol–water partition coefficient (Wildman–Crippen LogP) is 5.80. The third-order valence-electron chi connectivity index (χ3n) is 5.01. The Balaban J connectivity index is 1.83. The van der Waals surface area contributed by atoms with E-state index in [0.29, 0.717) is 6.42 Å². The van der Waals surface area contributed by atoms with E-state index in [4.69, 9.17) is 0 Å². The fourth-order valence-electron chi connectivity index (χ4n) is 3.40. The van der Waals surface area contributed by atoms with E-state index < -0.39 is 0 Å². The minimum Gasteiger partial charge on any atom is -0.393 e. The lowest BCUT2D eigenvalue weighted by molar-refractivity contribution is -0.153. The van der Waals surface area contributed by atoms with Gasteiger partial charge in [0, 0.05) is 0 Å². The molecule has 0 aliphatic carbocycles. The van der Waals surface area contributed by atoms with Gasteiger partial charge in [0.15, 0.2) is 0 Å². The molecule has 3 heteroatoms. The molecule has 23 heavy (non-hydrogen) atoms. The lowest BCUT2D eigenvalue weighted by Crippen LogP contribution is -2.06. The zero-order valence-corrected chi connectivity index (χ0v) is 15.3. The number of carbonyl (C=O) groups is 2. The molecule has 1 aliphatic rings. The summed E-state index contributed by atoms with van der Waals surface area (Å²) in [5, 5.41) is 0. The lowest BCUT2D eigenvalue weighted by atomic mass is 9.96. The van der Waals surface area contributed by atoms with Gasteiger partial charge in [-0.15, -0.1) is 0 Å². The smallest absolute Gasteiger partial charge is 0.317 e. The van der Waals surface area contributed by atoms with Gasteiger partial charge in [0.25, 0.3) is 0 Å². The normalized spacial score (nSPS) is 19.1. The average molecular weight is 325 g/mol. The first kappa shape index (κ1) is 20.2. The van der Waals surface area contributed by atoms with Crippen molar-refractivity contribution in [3.8, 4) is 0 Å². The molecule has 3 nitrogen and oxygen atoms in total. The number of ether oxygens (including phenoxy) is 1. The monoisotopic (exact) mass is 324 g/mol. The van der Waals surface area contributed by atoms with Crippen LogP contribution in [0.25, 0.3) is 0 Å². The Morgan fingerprint density at radius 1 is 0.913 bits per heavy atom. The van der Waals surface area contributed by atoms with E-state index in [1.165, 1.54) is 70.6 Å². The number of hydrogen-bond donors (Lipinski definition) is 0. The van der Waals surface area contributed by atoms with Crippen molar-refractivity contribution in [1.29, 1.82) is 0 Å². The van der Waals surface area contributed by atoms with Crippen LogP contribution in [0.4, 0.5) is 0 Å². The molecule has 0 bridgehead atoms. The van der Waals surface area contributed by atoms with Crippen molar-refractivity contribution < 1.29 is 14.3 Å². The van der Waals surface area contributed by atoms with Crippen molar-refractivity contribution >= 4 is 11.9 Å². The molecule has 0 spiro atoms. The Morgan fingerprint density at radius 3 is 2.04 bits per heavy atom. The molecule has 0 radical (unpaired) electrons. The minimum atomic E-state index is -0.344. The predicted molar refractivity (Wildman–Crippen MR) is 94.1 cm³/mol. The highest BCUT2D eigenvalue weighted by Crippen LogP contribution is 2.23. The highest BCUT2D eigenvalue weighted by molar-refractivity contribution is 5.94. The summed E-state index contributed by atoms with van der Waals surface area (Å²) in [7, 11) is 0. The third kappa shape index (κ3) is 9.78. The lowest BCUT2D eigenvalue weighted by Gasteiger charge is -2.10. The third-order valence-corrected chi connectivity index (χ3v) is 5.01. The van der Waals surface area contributed by atoms with E-state index in [1.807, 2.05) is 0 Å². The van der Waals surface area contributed by atoms with E-state index in [9.17, 15) is 9.59 Å². The van der Waals surface area contributed by atoms with Gasteiger partial charge in [0.1, 0.15) is 0 Å². The number of esters is 2. The molecule has 0 aromatic rings. The summed E-state index contributed by atoms with van der Waals surface area (Å²) >= 11 is 0. The van der Waals surface area contributed by atoms with Gasteiger partial charge in [-0.2, -0.15) is 0 Å². The van der Waals surface area contributed by atoms with Gasteiger partial charge in [-0.3, -0.25) is 9.59 Å².